The average Bonchev–Trinajstić information content (AvgIpc) is 3.32. The van der Waals surface area contributed by atoms with E-state index in [0.29, 0.717) is 18.5 Å². The van der Waals surface area contributed by atoms with Gasteiger partial charge in [-0.1, -0.05) is 36.7 Å². The predicted octanol–water partition coefficient (Wildman–Crippen LogP) is 5.52. The number of halogens is 1. The van der Waals surface area contributed by atoms with E-state index in [-0.39, 0.29) is 5.91 Å². The molecular formula is C27H27ClN4O2. The number of nitrogens with zero attached hydrogens (tertiary/aromatic N) is 3. The first-order valence-corrected chi connectivity index (χ1v) is 11.7. The molecule has 0 fully saturated rings. The Morgan fingerprint density at radius 2 is 1.82 bits per heavy atom. The van der Waals surface area contributed by atoms with Crippen LogP contribution in [0.4, 0.5) is 0 Å². The lowest BCUT2D eigenvalue weighted by Gasteiger charge is -2.10. The normalized spacial score (nSPS) is 10.8. The van der Waals surface area contributed by atoms with Crippen LogP contribution in [0, 0.1) is 0 Å². The first-order chi connectivity index (χ1) is 16.6. The van der Waals surface area contributed by atoms with Gasteiger partial charge in [-0.25, -0.2) is 9.67 Å². The molecule has 0 atom stereocenters. The van der Waals surface area contributed by atoms with E-state index in [1.807, 2.05) is 79.7 Å². The second kappa shape index (κ2) is 11.0. The van der Waals surface area contributed by atoms with Crippen LogP contribution in [-0.2, 0) is 12.8 Å². The minimum absolute atomic E-state index is 0.111. The summed E-state index contributed by atoms with van der Waals surface area (Å²) in [7, 11) is 1.64. The summed E-state index contributed by atoms with van der Waals surface area (Å²) in [6.45, 7) is 2.61. The van der Waals surface area contributed by atoms with E-state index >= 15 is 0 Å². The van der Waals surface area contributed by atoms with Crippen LogP contribution in [0.3, 0.4) is 0 Å². The molecule has 3 aromatic carbocycles. The van der Waals surface area contributed by atoms with Crippen molar-refractivity contribution in [3.63, 3.8) is 0 Å². The molecule has 1 N–H and O–H groups in total. The van der Waals surface area contributed by atoms with Crippen molar-refractivity contribution in [3.8, 4) is 22.8 Å². The van der Waals surface area contributed by atoms with E-state index in [9.17, 15) is 4.79 Å². The van der Waals surface area contributed by atoms with Crippen molar-refractivity contribution < 1.29 is 9.53 Å². The minimum Gasteiger partial charge on any atom is -0.497 e. The van der Waals surface area contributed by atoms with Gasteiger partial charge in [0, 0.05) is 29.1 Å². The average molecular weight is 475 g/mol. The summed E-state index contributed by atoms with van der Waals surface area (Å²) in [5, 5.41) is 8.40. The largest absolute Gasteiger partial charge is 0.497 e. The monoisotopic (exact) mass is 474 g/mol. The second-order valence-corrected chi connectivity index (χ2v) is 8.32. The van der Waals surface area contributed by atoms with Crippen LogP contribution in [0.5, 0.6) is 5.75 Å². The molecule has 1 amide bonds. The van der Waals surface area contributed by atoms with E-state index in [2.05, 4.69) is 10.4 Å². The Kier molecular flexibility index (Phi) is 7.60. The van der Waals surface area contributed by atoms with Crippen LogP contribution in [0.25, 0.3) is 17.1 Å². The van der Waals surface area contributed by atoms with Crippen molar-refractivity contribution >= 4 is 17.5 Å². The van der Waals surface area contributed by atoms with E-state index < -0.39 is 0 Å². The third-order valence-electron chi connectivity index (χ3n) is 5.51. The van der Waals surface area contributed by atoms with Gasteiger partial charge in [-0.3, -0.25) is 4.79 Å². The van der Waals surface area contributed by atoms with E-state index in [4.69, 9.17) is 21.3 Å². The Morgan fingerprint density at radius 1 is 1.06 bits per heavy atom. The molecule has 0 saturated heterocycles. The topological polar surface area (TPSA) is 69.0 Å². The predicted molar refractivity (Wildman–Crippen MR) is 135 cm³/mol. The number of hydrogen-bond donors (Lipinski definition) is 1. The lowest BCUT2D eigenvalue weighted by atomic mass is 10.1. The van der Waals surface area contributed by atoms with Gasteiger partial charge in [0.1, 0.15) is 5.75 Å². The number of amides is 1. The molecule has 34 heavy (non-hydrogen) atoms. The molecule has 0 aliphatic rings. The zero-order chi connectivity index (χ0) is 23.9. The fourth-order valence-electron chi connectivity index (χ4n) is 3.64. The van der Waals surface area contributed by atoms with Gasteiger partial charge >= 0.3 is 0 Å². The third kappa shape index (κ3) is 5.64. The number of benzene rings is 3. The third-order valence-corrected chi connectivity index (χ3v) is 5.76. The fourth-order valence-corrected chi connectivity index (χ4v) is 3.76. The Labute approximate surface area is 204 Å². The molecule has 4 aromatic rings. The summed E-state index contributed by atoms with van der Waals surface area (Å²) in [5.41, 5.74) is 3.49. The Bertz CT molecular complexity index is 1250. The number of nitrogens with one attached hydrogen (secondary N) is 1. The smallest absolute Gasteiger partial charge is 0.251 e. The summed E-state index contributed by atoms with van der Waals surface area (Å²) in [6, 6.07) is 22.9. The number of rotatable bonds is 9. The summed E-state index contributed by atoms with van der Waals surface area (Å²) < 4.78 is 7.06. The standard InChI is InChI=1S/C27H27ClN4O2/c1-3-25-30-26(20-11-15-24(34-2)16-12-20)32(31-25)23-8-4-7-21(18-23)27(33)29-17-5-6-19-9-13-22(28)14-10-19/h4,7-16,18H,3,5-6,17H2,1-2H3,(H,29,33). The molecule has 0 saturated carbocycles. The van der Waals surface area contributed by atoms with Crippen LogP contribution >= 0.6 is 11.6 Å². The van der Waals surface area contributed by atoms with Crippen molar-refractivity contribution in [1.29, 1.82) is 0 Å². The second-order valence-electron chi connectivity index (χ2n) is 7.88. The van der Waals surface area contributed by atoms with Gasteiger partial charge in [0.25, 0.3) is 5.91 Å². The van der Waals surface area contributed by atoms with Crippen molar-refractivity contribution in [2.75, 3.05) is 13.7 Å². The SMILES string of the molecule is CCc1nc(-c2ccc(OC)cc2)n(-c2cccc(C(=O)NCCCc3ccc(Cl)cc3)c2)n1. The number of carbonyl (C=O) groups excluding carboxylic acids is 1. The number of aromatic nitrogens is 3. The number of hydrogen-bond acceptors (Lipinski definition) is 4. The maximum atomic E-state index is 12.8. The van der Waals surface area contributed by atoms with Crippen molar-refractivity contribution in [3.05, 3.63) is 94.8 Å². The molecule has 1 aromatic heterocycles. The van der Waals surface area contributed by atoms with Crippen LogP contribution in [0.1, 0.15) is 35.1 Å². The molecule has 0 bridgehead atoms. The number of ether oxygens (including phenoxy) is 1. The van der Waals surface area contributed by atoms with Crippen molar-refractivity contribution in [2.45, 2.75) is 26.2 Å². The molecular weight excluding hydrogens is 448 g/mol. The van der Waals surface area contributed by atoms with E-state index in [1.54, 1.807) is 11.8 Å². The lowest BCUT2D eigenvalue weighted by Crippen LogP contribution is -2.24. The number of carbonyl (C=O) groups is 1. The molecule has 1 heterocycles. The highest BCUT2D eigenvalue weighted by Gasteiger charge is 2.15. The zero-order valence-corrected chi connectivity index (χ0v) is 20.0. The molecule has 7 heteroatoms. The van der Waals surface area contributed by atoms with Gasteiger partial charge in [-0.2, -0.15) is 5.10 Å². The summed E-state index contributed by atoms with van der Waals surface area (Å²) >= 11 is 5.93. The maximum absolute atomic E-state index is 12.8. The first kappa shape index (κ1) is 23.5. The van der Waals surface area contributed by atoms with Gasteiger partial charge in [0.15, 0.2) is 11.6 Å². The summed E-state index contributed by atoms with van der Waals surface area (Å²) in [6.07, 6.45) is 2.43. The molecule has 0 aliphatic carbocycles. The first-order valence-electron chi connectivity index (χ1n) is 11.3. The Morgan fingerprint density at radius 3 is 2.53 bits per heavy atom. The van der Waals surface area contributed by atoms with Gasteiger partial charge in [-0.05, 0) is 73.0 Å². The highest BCUT2D eigenvalue weighted by molar-refractivity contribution is 6.30. The zero-order valence-electron chi connectivity index (χ0n) is 19.3. The molecule has 0 spiro atoms. The number of aryl methyl sites for hydroxylation is 2. The molecule has 6 nitrogen and oxygen atoms in total. The number of methoxy groups -OCH3 is 1. The highest BCUT2D eigenvalue weighted by Crippen LogP contribution is 2.24. The summed E-state index contributed by atoms with van der Waals surface area (Å²) in [5.74, 6) is 2.13. The van der Waals surface area contributed by atoms with E-state index in [0.717, 1.165) is 46.5 Å². The van der Waals surface area contributed by atoms with Crippen LogP contribution < -0.4 is 10.1 Å². The quantitative estimate of drug-likeness (QED) is 0.324. The van der Waals surface area contributed by atoms with Gasteiger partial charge in [0.2, 0.25) is 0 Å². The molecule has 0 radical (unpaired) electrons. The Balaban J connectivity index is 1.47. The molecule has 0 unspecified atom stereocenters. The molecule has 174 valence electrons. The lowest BCUT2D eigenvalue weighted by molar-refractivity contribution is 0.0953. The van der Waals surface area contributed by atoms with Gasteiger partial charge in [-0.15, -0.1) is 0 Å². The highest BCUT2D eigenvalue weighted by atomic mass is 35.5. The van der Waals surface area contributed by atoms with E-state index in [1.165, 1.54) is 5.56 Å². The molecule has 4 rings (SSSR count). The Hall–Kier alpha value is -3.64. The van der Waals surface area contributed by atoms with Crippen LogP contribution in [0.15, 0.2) is 72.8 Å². The van der Waals surface area contributed by atoms with Crippen molar-refractivity contribution in [2.24, 2.45) is 0 Å². The maximum Gasteiger partial charge on any atom is 0.251 e. The molecule has 0 aliphatic heterocycles. The minimum atomic E-state index is -0.111. The van der Waals surface area contributed by atoms with Crippen molar-refractivity contribution in [1.82, 2.24) is 20.1 Å². The van der Waals surface area contributed by atoms with Crippen LogP contribution in [0.2, 0.25) is 5.02 Å². The van der Waals surface area contributed by atoms with Gasteiger partial charge in [0.05, 0.1) is 12.8 Å². The fraction of sp³-hybridized carbons (Fsp3) is 0.222. The summed E-state index contributed by atoms with van der Waals surface area (Å²) in [4.78, 5) is 17.5. The van der Waals surface area contributed by atoms with Gasteiger partial charge < -0.3 is 10.1 Å². The van der Waals surface area contributed by atoms with Crippen LogP contribution in [-0.4, -0.2) is 34.3 Å².